The number of aryl methyl sites for hydroxylation is 3. The molecule has 0 spiro atoms. The second kappa shape index (κ2) is 5.17. The molecule has 3 N–H and O–H groups in total. The SMILES string of the molecule is Cc1ccc(C)c(NS(=O)(=O)c2ccc(N)cc2C)c1. The average Bonchev–Trinajstić information content (AvgIpc) is 2.33. The Kier molecular flexibility index (Phi) is 3.72. The van der Waals surface area contributed by atoms with Gasteiger partial charge in [0.1, 0.15) is 0 Å². The number of nitrogens with two attached hydrogens (primary N) is 1. The zero-order valence-corrected chi connectivity index (χ0v) is 12.6. The first kappa shape index (κ1) is 14.4. The highest BCUT2D eigenvalue weighted by molar-refractivity contribution is 7.92. The molecule has 0 saturated carbocycles. The second-order valence-corrected chi connectivity index (χ2v) is 6.60. The van der Waals surface area contributed by atoms with Crippen molar-refractivity contribution in [3.8, 4) is 0 Å². The molecule has 0 aliphatic heterocycles. The van der Waals surface area contributed by atoms with E-state index in [0.717, 1.165) is 11.1 Å². The van der Waals surface area contributed by atoms with Crippen molar-refractivity contribution in [3.63, 3.8) is 0 Å². The molecule has 2 rings (SSSR count). The first-order chi connectivity index (χ1) is 9.29. The number of nitrogens with one attached hydrogen (secondary N) is 1. The van der Waals surface area contributed by atoms with Crippen LogP contribution < -0.4 is 10.5 Å². The molecule has 0 aliphatic carbocycles. The van der Waals surface area contributed by atoms with Crippen LogP contribution in [0.1, 0.15) is 16.7 Å². The quantitative estimate of drug-likeness (QED) is 0.854. The van der Waals surface area contributed by atoms with Crippen molar-refractivity contribution in [2.24, 2.45) is 0 Å². The van der Waals surface area contributed by atoms with E-state index in [9.17, 15) is 8.42 Å². The lowest BCUT2D eigenvalue weighted by atomic mass is 10.1. The highest BCUT2D eigenvalue weighted by Crippen LogP contribution is 2.23. The van der Waals surface area contributed by atoms with E-state index in [1.807, 2.05) is 32.0 Å². The summed E-state index contributed by atoms with van der Waals surface area (Å²) in [6.45, 7) is 5.52. The van der Waals surface area contributed by atoms with E-state index in [2.05, 4.69) is 4.72 Å². The smallest absolute Gasteiger partial charge is 0.262 e. The molecular formula is C15H18N2O2S. The van der Waals surface area contributed by atoms with Crippen LogP contribution in [0.3, 0.4) is 0 Å². The average molecular weight is 290 g/mol. The van der Waals surface area contributed by atoms with Gasteiger partial charge in [0.2, 0.25) is 0 Å². The lowest BCUT2D eigenvalue weighted by molar-refractivity contribution is 0.600. The van der Waals surface area contributed by atoms with Crippen LogP contribution in [0.15, 0.2) is 41.3 Å². The van der Waals surface area contributed by atoms with Gasteiger partial charge in [0, 0.05) is 5.69 Å². The molecule has 0 unspecified atom stereocenters. The van der Waals surface area contributed by atoms with E-state index < -0.39 is 10.0 Å². The zero-order chi connectivity index (χ0) is 14.9. The number of nitrogen functional groups attached to an aromatic ring is 1. The van der Waals surface area contributed by atoms with Gasteiger partial charge in [0.15, 0.2) is 0 Å². The Morgan fingerprint density at radius 1 is 0.950 bits per heavy atom. The van der Waals surface area contributed by atoms with Gasteiger partial charge >= 0.3 is 0 Å². The number of rotatable bonds is 3. The first-order valence-corrected chi connectivity index (χ1v) is 7.74. The summed E-state index contributed by atoms with van der Waals surface area (Å²) in [6, 6.07) is 10.4. The standard InChI is InChI=1S/C15H18N2O2S/c1-10-4-5-11(2)14(8-10)17-20(18,19)15-7-6-13(16)9-12(15)3/h4-9,17H,16H2,1-3H3. The lowest BCUT2D eigenvalue weighted by Gasteiger charge is -2.13. The summed E-state index contributed by atoms with van der Waals surface area (Å²) in [6.07, 6.45) is 0. The van der Waals surface area contributed by atoms with Gasteiger partial charge < -0.3 is 5.73 Å². The van der Waals surface area contributed by atoms with E-state index in [4.69, 9.17) is 5.73 Å². The largest absolute Gasteiger partial charge is 0.399 e. The summed E-state index contributed by atoms with van der Waals surface area (Å²) in [4.78, 5) is 0.243. The molecular weight excluding hydrogens is 272 g/mol. The van der Waals surface area contributed by atoms with E-state index in [1.54, 1.807) is 19.1 Å². The number of sulfonamides is 1. The molecule has 5 heteroatoms. The Morgan fingerprint density at radius 3 is 2.30 bits per heavy atom. The third-order valence-electron chi connectivity index (χ3n) is 3.13. The Bertz CT molecular complexity index is 752. The van der Waals surface area contributed by atoms with Crippen molar-refractivity contribution in [1.29, 1.82) is 0 Å². The summed E-state index contributed by atoms with van der Waals surface area (Å²) in [7, 11) is -3.61. The van der Waals surface area contributed by atoms with Gasteiger partial charge in [-0.3, -0.25) is 4.72 Å². The van der Waals surface area contributed by atoms with Crippen LogP contribution in [0.5, 0.6) is 0 Å². The van der Waals surface area contributed by atoms with Crippen LogP contribution >= 0.6 is 0 Å². The predicted molar refractivity (Wildman–Crippen MR) is 82.3 cm³/mol. The summed E-state index contributed by atoms with van der Waals surface area (Å²) in [5, 5.41) is 0. The molecule has 2 aromatic rings. The van der Waals surface area contributed by atoms with Gasteiger partial charge in [0.25, 0.3) is 10.0 Å². The Balaban J connectivity index is 2.43. The van der Waals surface area contributed by atoms with E-state index in [1.165, 1.54) is 6.07 Å². The fraction of sp³-hybridized carbons (Fsp3) is 0.200. The fourth-order valence-electron chi connectivity index (χ4n) is 2.02. The Labute approximate surface area is 119 Å². The number of benzene rings is 2. The molecule has 0 radical (unpaired) electrons. The van der Waals surface area contributed by atoms with Gasteiger partial charge in [-0.05, 0) is 61.7 Å². The molecule has 2 aromatic carbocycles. The van der Waals surface area contributed by atoms with Gasteiger partial charge in [-0.25, -0.2) is 8.42 Å². The molecule has 0 saturated heterocycles. The summed E-state index contributed by atoms with van der Waals surface area (Å²) < 4.78 is 27.5. The van der Waals surface area contributed by atoms with Crippen LogP contribution in [-0.4, -0.2) is 8.42 Å². The van der Waals surface area contributed by atoms with Gasteiger partial charge in [0.05, 0.1) is 10.6 Å². The first-order valence-electron chi connectivity index (χ1n) is 6.26. The zero-order valence-electron chi connectivity index (χ0n) is 11.8. The van der Waals surface area contributed by atoms with E-state index in [0.29, 0.717) is 16.9 Å². The summed E-state index contributed by atoms with van der Waals surface area (Å²) in [5.41, 5.74) is 9.31. The van der Waals surface area contributed by atoms with Gasteiger partial charge in [-0.1, -0.05) is 12.1 Å². The molecule has 0 atom stereocenters. The molecule has 20 heavy (non-hydrogen) atoms. The van der Waals surface area contributed by atoms with Gasteiger partial charge in [-0.15, -0.1) is 0 Å². The molecule has 0 amide bonds. The number of hydrogen-bond donors (Lipinski definition) is 2. The fourth-order valence-corrected chi connectivity index (χ4v) is 3.37. The maximum absolute atomic E-state index is 12.4. The lowest BCUT2D eigenvalue weighted by Crippen LogP contribution is -2.15. The maximum Gasteiger partial charge on any atom is 0.262 e. The predicted octanol–water partition coefficient (Wildman–Crippen LogP) is 2.99. The van der Waals surface area contributed by atoms with Gasteiger partial charge in [-0.2, -0.15) is 0 Å². The number of hydrogen-bond acceptors (Lipinski definition) is 3. The third kappa shape index (κ3) is 2.93. The molecule has 0 fully saturated rings. The highest BCUT2D eigenvalue weighted by Gasteiger charge is 2.17. The van der Waals surface area contributed by atoms with Crippen LogP contribution in [0.2, 0.25) is 0 Å². The van der Waals surface area contributed by atoms with Crippen molar-refractivity contribution in [2.45, 2.75) is 25.7 Å². The minimum absolute atomic E-state index is 0.243. The van der Waals surface area contributed by atoms with Crippen LogP contribution in [-0.2, 0) is 10.0 Å². The third-order valence-corrected chi connectivity index (χ3v) is 4.65. The molecule has 0 bridgehead atoms. The van der Waals surface area contributed by atoms with Crippen molar-refractivity contribution < 1.29 is 8.42 Å². The van der Waals surface area contributed by atoms with Crippen molar-refractivity contribution >= 4 is 21.4 Å². The molecule has 0 aliphatic rings. The maximum atomic E-state index is 12.4. The molecule has 4 nitrogen and oxygen atoms in total. The minimum atomic E-state index is -3.61. The minimum Gasteiger partial charge on any atom is -0.399 e. The Morgan fingerprint density at radius 2 is 1.65 bits per heavy atom. The van der Waals surface area contributed by atoms with Crippen LogP contribution in [0.25, 0.3) is 0 Å². The second-order valence-electron chi connectivity index (χ2n) is 4.95. The monoisotopic (exact) mass is 290 g/mol. The summed E-state index contributed by atoms with van der Waals surface area (Å²) in [5.74, 6) is 0. The topological polar surface area (TPSA) is 72.2 Å². The normalized spacial score (nSPS) is 11.3. The van der Waals surface area contributed by atoms with Crippen LogP contribution in [0, 0.1) is 20.8 Å². The summed E-state index contributed by atoms with van der Waals surface area (Å²) >= 11 is 0. The molecule has 0 aromatic heterocycles. The van der Waals surface area contributed by atoms with E-state index in [-0.39, 0.29) is 4.90 Å². The van der Waals surface area contributed by atoms with Crippen molar-refractivity contribution in [2.75, 3.05) is 10.5 Å². The molecule has 106 valence electrons. The van der Waals surface area contributed by atoms with Crippen molar-refractivity contribution in [1.82, 2.24) is 0 Å². The molecule has 0 heterocycles. The number of anilines is 2. The van der Waals surface area contributed by atoms with E-state index >= 15 is 0 Å². The van der Waals surface area contributed by atoms with Crippen LogP contribution in [0.4, 0.5) is 11.4 Å². The van der Waals surface area contributed by atoms with Crippen molar-refractivity contribution in [3.05, 3.63) is 53.1 Å². The highest BCUT2D eigenvalue weighted by atomic mass is 32.2. The Hall–Kier alpha value is -2.01.